The van der Waals surface area contributed by atoms with Crippen LogP contribution in [0.5, 0.6) is 0 Å². The fraction of sp³-hybridized carbons (Fsp3) is 0.250. The Hall–Kier alpha value is -2.86. The minimum absolute atomic E-state index is 0.407. The van der Waals surface area contributed by atoms with Crippen molar-refractivity contribution >= 4 is 44.5 Å². The largest absolute Gasteiger partial charge is 0.454 e. The van der Waals surface area contributed by atoms with Crippen molar-refractivity contribution in [3.63, 3.8) is 0 Å². The second-order valence-corrected chi connectivity index (χ2v) is 9.17. The van der Waals surface area contributed by atoms with Crippen LogP contribution in [0.4, 0.5) is 4.79 Å². The Morgan fingerprint density at radius 2 is 1.87 bits per heavy atom. The average molecular weight is 468 g/mol. The highest BCUT2D eigenvalue weighted by atomic mass is 79.9. The van der Waals surface area contributed by atoms with Gasteiger partial charge in [0.15, 0.2) is 0 Å². The van der Waals surface area contributed by atoms with E-state index in [1.54, 1.807) is 4.57 Å². The lowest BCUT2D eigenvalue weighted by atomic mass is 9.97. The molecule has 6 heteroatoms. The first-order valence-electron chi connectivity index (χ1n) is 9.72. The summed E-state index contributed by atoms with van der Waals surface area (Å²) in [6.07, 6.45) is 1.04. The minimum atomic E-state index is -0.646. The first-order valence-corrected chi connectivity index (χ1v) is 10.5. The van der Waals surface area contributed by atoms with Gasteiger partial charge in [0.1, 0.15) is 11.7 Å². The molecular weight excluding hydrogens is 446 g/mol. The van der Waals surface area contributed by atoms with E-state index in [9.17, 15) is 9.59 Å². The van der Waals surface area contributed by atoms with Crippen LogP contribution in [0.2, 0.25) is 0 Å². The molecule has 154 valence electrons. The summed E-state index contributed by atoms with van der Waals surface area (Å²) in [7, 11) is 0. The number of rotatable bonds is 2. The first kappa shape index (κ1) is 20.4. The van der Waals surface area contributed by atoms with E-state index in [0.717, 1.165) is 26.5 Å². The zero-order chi connectivity index (χ0) is 21.5. The van der Waals surface area contributed by atoms with E-state index >= 15 is 0 Å². The van der Waals surface area contributed by atoms with Gasteiger partial charge in [0, 0.05) is 22.4 Å². The number of carbonyl (C=O) groups excluding carboxylic acids is 2. The molecule has 1 aliphatic heterocycles. The van der Waals surface area contributed by atoms with Crippen molar-refractivity contribution < 1.29 is 19.1 Å². The number of halogens is 1. The van der Waals surface area contributed by atoms with Gasteiger partial charge in [-0.1, -0.05) is 46.3 Å². The third-order valence-corrected chi connectivity index (χ3v) is 5.29. The summed E-state index contributed by atoms with van der Waals surface area (Å²) in [6, 6.07) is 17.2. The monoisotopic (exact) mass is 467 g/mol. The highest BCUT2D eigenvalue weighted by Crippen LogP contribution is 2.37. The van der Waals surface area contributed by atoms with E-state index in [1.807, 2.05) is 75.4 Å². The molecule has 1 unspecified atom stereocenters. The van der Waals surface area contributed by atoms with Gasteiger partial charge in [-0.3, -0.25) is 0 Å². The van der Waals surface area contributed by atoms with E-state index in [4.69, 9.17) is 9.47 Å². The smallest absolute Gasteiger partial charge is 0.419 e. The van der Waals surface area contributed by atoms with Gasteiger partial charge in [-0.05, 0) is 56.2 Å². The Labute approximate surface area is 183 Å². The van der Waals surface area contributed by atoms with Crippen LogP contribution in [-0.2, 0) is 14.3 Å². The summed E-state index contributed by atoms with van der Waals surface area (Å²) in [5, 5.41) is 0.876. The van der Waals surface area contributed by atoms with Crippen molar-refractivity contribution in [3.8, 4) is 0 Å². The fourth-order valence-electron chi connectivity index (χ4n) is 3.58. The number of ether oxygens (including phenoxy) is 2. The number of benzene rings is 2. The Bertz CT molecular complexity index is 1160. The van der Waals surface area contributed by atoms with E-state index in [-0.39, 0.29) is 0 Å². The summed E-state index contributed by atoms with van der Waals surface area (Å²) >= 11 is 3.48. The standard InChI is InChI=1S/C24H22BrNO4/c1-24(2,3)30-23(28)26-19-10-9-18(25)11-16(19)12-20(26)17-13-21(29-22(27)14-17)15-7-5-4-6-8-15/h4-12,14,21H,13H2,1-3H3. The van der Waals surface area contributed by atoms with E-state index in [2.05, 4.69) is 15.9 Å². The van der Waals surface area contributed by atoms with Crippen LogP contribution in [0, 0.1) is 0 Å². The highest BCUT2D eigenvalue weighted by Gasteiger charge is 2.29. The van der Waals surface area contributed by atoms with Crippen molar-refractivity contribution in [1.29, 1.82) is 0 Å². The van der Waals surface area contributed by atoms with Crippen LogP contribution in [0.3, 0.4) is 0 Å². The molecule has 30 heavy (non-hydrogen) atoms. The lowest BCUT2D eigenvalue weighted by Gasteiger charge is -2.25. The molecule has 2 aromatic carbocycles. The molecule has 5 nitrogen and oxygen atoms in total. The molecule has 1 aliphatic rings. The number of carbonyl (C=O) groups is 2. The molecule has 0 saturated heterocycles. The van der Waals surface area contributed by atoms with E-state index in [0.29, 0.717) is 12.1 Å². The Morgan fingerprint density at radius 3 is 2.57 bits per heavy atom. The topological polar surface area (TPSA) is 57.5 Å². The Kier molecular flexibility index (Phi) is 5.28. The highest BCUT2D eigenvalue weighted by molar-refractivity contribution is 9.10. The molecular formula is C24H22BrNO4. The number of cyclic esters (lactones) is 1. The molecule has 3 aromatic rings. The molecule has 1 aromatic heterocycles. The molecule has 0 N–H and O–H groups in total. The molecule has 0 radical (unpaired) electrons. The third-order valence-electron chi connectivity index (χ3n) is 4.80. The van der Waals surface area contributed by atoms with Crippen molar-refractivity contribution in [2.75, 3.05) is 0 Å². The van der Waals surface area contributed by atoms with Gasteiger partial charge < -0.3 is 9.47 Å². The van der Waals surface area contributed by atoms with Gasteiger partial charge in [0.05, 0.1) is 11.2 Å². The lowest BCUT2D eigenvalue weighted by molar-refractivity contribution is -0.144. The molecule has 0 aliphatic carbocycles. The number of hydrogen-bond acceptors (Lipinski definition) is 4. The van der Waals surface area contributed by atoms with Crippen LogP contribution in [-0.4, -0.2) is 22.2 Å². The number of nitrogens with zero attached hydrogens (tertiary/aromatic N) is 1. The summed E-state index contributed by atoms with van der Waals surface area (Å²) in [5.41, 5.74) is 2.36. The van der Waals surface area contributed by atoms with Crippen molar-refractivity contribution in [2.24, 2.45) is 0 Å². The summed E-state index contributed by atoms with van der Waals surface area (Å²) in [6.45, 7) is 5.49. The normalized spacial score (nSPS) is 16.9. The Morgan fingerprint density at radius 1 is 1.13 bits per heavy atom. The van der Waals surface area contributed by atoms with E-state index in [1.165, 1.54) is 6.08 Å². The van der Waals surface area contributed by atoms with Crippen LogP contribution in [0.15, 0.2) is 65.1 Å². The fourth-order valence-corrected chi connectivity index (χ4v) is 3.95. The number of esters is 1. The Balaban J connectivity index is 1.82. The molecule has 2 heterocycles. The van der Waals surface area contributed by atoms with Crippen LogP contribution in [0.25, 0.3) is 16.5 Å². The minimum Gasteiger partial charge on any atom is -0.454 e. The predicted molar refractivity (Wildman–Crippen MR) is 119 cm³/mol. The van der Waals surface area contributed by atoms with Crippen LogP contribution in [0.1, 0.15) is 44.6 Å². The van der Waals surface area contributed by atoms with Gasteiger partial charge in [-0.2, -0.15) is 0 Å². The molecule has 0 spiro atoms. The predicted octanol–water partition coefficient (Wildman–Crippen LogP) is 6.26. The molecule has 4 rings (SSSR count). The third kappa shape index (κ3) is 4.19. The van der Waals surface area contributed by atoms with Crippen LogP contribution >= 0.6 is 15.9 Å². The quantitative estimate of drug-likeness (QED) is 0.417. The SMILES string of the molecule is CC(C)(C)OC(=O)n1c(C2=CC(=O)OC(c3ccccc3)C2)cc2cc(Br)ccc21. The van der Waals surface area contributed by atoms with Gasteiger partial charge in [-0.15, -0.1) is 0 Å². The van der Waals surface area contributed by atoms with Crippen molar-refractivity contribution in [1.82, 2.24) is 4.57 Å². The number of aromatic nitrogens is 1. The van der Waals surface area contributed by atoms with Crippen LogP contribution < -0.4 is 0 Å². The number of hydrogen-bond donors (Lipinski definition) is 0. The maximum atomic E-state index is 13.1. The van der Waals surface area contributed by atoms with E-state index < -0.39 is 23.8 Å². The summed E-state index contributed by atoms with van der Waals surface area (Å²) in [4.78, 5) is 25.5. The molecule has 1 atom stereocenters. The van der Waals surface area contributed by atoms with Gasteiger partial charge in [-0.25, -0.2) is 14.2 Å². The second-order valence-electron chi connectivity index (χ2n) is 8.26. The summed E-state index contributed by atoms with van der Waals surface area (Å²) < 4.78 is 13.7. The molecule has 0 bridgehead atoms. The molecule has 0 fully saturated rings. The van der Waals surface area contributed by atoms with Crippen molar-refractivity contribution in [2.45, 2.75) is 38.9 Å². The zero-order valence-corrected chi connectivity index (χ0v) is 18.6. The maximum absolute atomic E-state index is 13.1. The zero-order valence-electron chi connectivity index (χ0n) is 17.0. The first-order chi connectivity index (χ1) is 14.2. The average Bonchev–Trinajstić information content (AvgIpc) is 3.05. The molecule has 0 saturated carbocycles. The molecule has 0 amide bonds. The van der Waals surface area contributed by atoms with Gasteiger partial charge >= 0.3 is 12.1 Å². The van der Waals surface area contributed by atoms with Gasteiger partial charge in [0.25, 0.3) is 0 Å². The van der Waals surface area contributed by atoms with Gasteiger partial charge in [0.2, 0.25) is 0 Å². The second kappa shape index (κ2) is 7.76. The maximum Gasteiger partial charge on any atom is 0.419 e. The number of fused-ring (bicyclic) bond motifs is 1. The van der Waals surface area contributed by atoms with Crippen molar-refractivity contribution in [3.05, 3.63) is 76.4 Å². The summed E-state index contributed by atoms with van der Waals surface area (Å²) in [5.74, 6) is -0.424. The lowest BCUT2D eigenvalue weighted by Crippen LogP contribution is -2.28.